The molecule has 7 heteroatoms. The second kappa shape index (κ2) is 9.31. The van der Waals surface area contributed by atoms with Gasteiger partial charge in [-0.3, -0.25) is 9.59 Å². The Morgan fingerprint density at radius 3 is 2.62 bits per heavy atom. The molecule has 156 valence electrons. The van der Waals surface area contributed by atoms with E-state index in [0.717, 1.165) is 17.5 Å². The van der Waals surface area contributed by atoms with Gasteiger partial charge in [-0.25, -0.2) is 0 Å². The van der Waals surface area contributed by atoms with Crippen molar-refractivity contribution in [1.29, 1.82) is 0 Å². The van der Waals surface area contributed by atoms with Gasteiger partial charge in [-0.1, -0.05) is 6.07 Å². The molecule has 1 saturated heterocycles. The Hall–Kier alpha value is -2.54. The number of thiophene rings is 1. The van der Waals surface area contributed by atoms with Crippen molar-refractivity contribution in [2.45, 2.75) is 44.2 Å². The van der Waals surface area contributed by atoms with E-state index < -0.39 is 5.54 Å². The van der Waals surface area contributed by atoms with Crippen LogP contribution < -0.4 is 14.8 Å². The predicted molar refractivity (Wildman–Crippen MR) is 113 cm³/mol. The summed E-state index contributed by atoms with van der Waals surface area (Å²) in [5.41, 5.74) is 1.78. The lowest BCUT2D eigenvalue weighted by Gasteiger charge is -2.30. The highest BCUT2D eigenvalue weighted by Gasteiger charge is 2.38. The molecule has 2 aromatic rings. The first-order valence-corrected chi connectivity index (χ1v) is 10.7. The lowest BCUT2D eigenvalue weighted by Crippen LogP contribution is -2.44. The van der Waals surface area contributed by atoms with Crippen molar-refractivity contribution in [2.24, 2.45) is 0 Å². The van der Waals surface area contributed by atoms with Crippen LogP contribution in [0.1, 0.15) is 36.8 Å². The van der Waals surface area contributed by atoms with Gasteiger partial charge in [-0.05, 0) is 59.3 Å². The van der Waals surface area contributed by atoms with Gasteiger partial charge in [0.15, 0.2) is 11.5 Å². The summed E-state index contributed by atoms with van der Waals surface area (Å²) in [5, 5.41) is 7.21. The van der Waals surface area contributed by atoms with E-state index >= 15 is 0 Å². The molecule has 1 N–H and O–H groups in total. The monoisotopic (exact) mass is 416 g/mol. The van der Waals surface area contributed by atoms with Crippen LogP contribution in [0.25, 0.3) is 0 Å². The van der Waals surface area contributed by atoms with Gasteiger partial charge in [0.05, 0.1) is 14.2 Å². The smallest absolute Gasteiger partial charge is 0.222 e. The average molecular weight is 417 g/mol. The summed E-state index contributed by atoms with van der Waals surface area (Å²) in [4.78, 5) is 26.4. The standard InChI is InChI=1S/C22H28N2O4S/c1-24(14-17-8-11-29-15-17)21(26)7-10-22(9-6-20(25)23-22)13-16-4-5-18(27-2)19(12-16)28-3/h4-5,8,11-12,15H,6-7,9-10,13-14H2,1-3H3,(H,23,25)/t22-/m1/s1. The maximum absolute atomic E-state index is 12.7. The molecule has 2 heterocycles. The maximum Gasteiger partial charge on any atom is 0.222 e. The SMILES string of the molecule is COc1ccc(C[C@]2(CCC(=O)N(C)Cc3ccsc3)CCC(=O)N2)cc1OC. The zero-order valence-corrected chi connectivity index (χ0v) is 18.0. The van der Waals surface area contributed by atoms with Crippen LogP contribution in [-0.4, -0.2) is 43.5 Å². The van der Waals surface area contributed by atoms with Crippen molar-refractivity contribution in [3.8, 4) is 11.5 Å². The van der Waals surface area contributed by atoms with Crippen LogP contribution in [0.2, 0.25) is 0 Å². The first kappa shape index (κ1) is 21.2. The number of hydrogen-bond acceptors (Lipinski definition) is 5. The van der Waals surface area contributed by atoms with Gasteiger partial charge in [-0.2, -0.15) is 11.3 Å². The molecule has 2 amide bonds. The van der Waals surface area contributed by atoms with Gasteiger partial charge in [0, 0.05) is 32.0 Å². The fraction of sp³-hybridized carbons (Fsp3) is 0.455. The van der Waals surface area contributed by atoms with E-state index in [0.29, 0.717) is 43.7 Å². The predicted octanol–water partition coefficient (Wildman–Crippen LogP) is 3.40. The van der Waals surface area contributed by atoms with Crippen molar-refractivity contribution in [3.05, 3.63) is 46.2 Å². The molecule has 29 heavy (non-hydrogen) atoms. The summed E-state index contributed by atoms with van der Waals surface area (Å²) < 4.78 is 10.7. The van der Waals surface area contributed by atoms with Gasteiger partial charge in [-0.15, -0.1) is 0 Å². The molecule has 0 aliphatic carbocycles. The minimum atomic E-state index is -0.407. The zero-order chi connectivity index (χ0) is 20.9. The number of hydrogen-bond donors (Lipinski definition) is 1. The zero-order valence-electron chi connectivity index (χ0n) is 17.2. The molecule has 1 atom stereocenters. The number of nitrogens with one attached hydrogen (secondary N) is 1. The molecule has 3 rings (SSSR count). The summed E-state index contributed by atoms with van der Waals surface area (Å²) >= 11 is 1.63. The fourth-order valence-corrected chi connectivity index (χ4v) is 4.50. The van der Waals surface area contributed by atoms with E-state index in [9.17, 15) is 9.59 Å². The fourth-order valence-electron chi connectivity index (χ4n) is 3.85. The summed E-state index contributed by atoms with van der Waals surface area (Å²) in [5.74, 6) is 1.47. The highest BCUT2D eigenvalue weighted by atomic mass is 32.1. The normalized spacial score (nSPS) is 18.4. The van der Waals surface area contributed by atoms with Crippen molar-refractivity contribution in [1.82, 2.24) is 10.2 Å². The number of ether oxygens (including phenoxy) is 2. The Balaban J connectivity index is 1.67. The number of nitrogens with zero attached hydrogens (tertiary/aromatic N) is 1. The van der Waals surface area contributed by atoms with Crippen molar-refractivity contribution >= 4 is 23.2 Å². The van der Waals surface area contributed by atoms with Crippen LogP contribution in [0.3, 0.4) is 0 Å². The lowest BCUT2D eigenvalue weighted by atomic mass is 9.84. The van der Waals surface area contributed by atoms with Gasteiger partial charge >= 0.3 is 0 Å². The molecular formula is C22H28N2O4S. The molecule has 1 fully saturated rings. The molecule has 1 aromatic heterocycles. The first-order valence-electron chi connectivity index (χ1n) is 9.72. The Morgan fingerprint density at radius 2 is 2.00 bits per heavy atom. The molecule has 1 aromatic carbocycles. The molecule has 6 nitrogen and oxygen atoms in total. The van der Waals surface area contributed by atoms with Crippen LogP contribution in [0.5, 0.6) is 11.5 Å². The molecule has 0 spiro atoms. The number of carbonyl (C=O) groups is 2. The van der Waals surface area contributed by atoms with E-state index in [1.807, 2.05) is 36.7 Å². The highest BCUT2D eigenvalue weighted by Crippen LogP contribution is 2.33. The van der Waals surface area contributed by atoms with Crippen LogP contribution in [0.4, 0.5) is 0 Å². The number of benzene rings is 1. The van der Waals surface area contributed by atoms with E-state index in [1.54, 1.807) is 30.5 Å². The first-order chi connectivity index (χ1) is 13.9. The van der Waals surface area contributed by atoms with Gasteiger partial charge in [0.25, 0.3) is 0 Å². The molecule has 1 aliphatic rings. The molecule has 0 saturated carbocycles. The van der Waals surface area contributed by atoms with Crippen LogP contribution in [0, 0.1) is 0 Å². The highest BCUT2D eigenvalue weighted by molar-refractivity contribution is 7.07. The van der Waals surface area contributed by atoms with E-state index in [-0.39, 0.29) is 11.8 Å². The maximum atomic E-state index is 12.7. The summed E-state index contributed by atoms with van der Waals surface area (Å²) in [7, 11) is 5.04. The molecule has 0 radical (unpaired) electrons. The van der Waals surface area contributed by atoms with Crippen molar-refractivity contribution < 1.29 is 19.1 Å². The Morgan fingerprint density at radius 1 is 1.21 bits per heavy atom. The third-order valence-electron chi connectivity index (χ3n) is 5.47. The third kappa shape index (κ3) is 5.29. The Kier molecular flexibility index (Phi) is 6.79. The molecular weight excluding hydrogens is 388 g/mol. The van der Waals surface area contributed by atoms with Crippen LogP contribution >= 0.6 is 11.3 Å². The lowest BCUT2D eigenvalue weighted by molar-refractivity contribution is -0.131. The largest absolute Gasteiger partial charge is 0.493 e. The molecule has 0 bridgehead atoms. The Bertz CT molecular complexity index is 853. The second-order valence-electron chi connectivity index (χ2n) is 7.58. The quantitative estimate of drug-likeness (QED) is 0.680. The van der Waals surface area contributed by atoms with Gasteiger partial charge in [0.2, 0.25) is 11.8 Å². The minimum absolute atomic E-state index is 0.0459. The number of carbonyl (C=O) groups excluding carboxylic acids is 2. The number of amides is 2. The number of methoxy groups -OCH3 is 2. The Labute approximate surface area is 175 Å². The van der Waals surface area contributed by atoms with E-state index in [4.69, 9.17) is 9.47 Å². The summed E-state index contributed by atoms with van der Waals surface area (Å²) in [6.45, 7) is 0.609. The van der Waals surface area contributed by atoms with E-state index in [2.05, 4.69) is 10.7 Å². The third-order valence-corrected chi connectivity index (χ3v) is 6.20. The topological polar surface area (TPSA) is 67.9 Å². The summed E-state index contributed by atoms with van der Waals surface area (Å²) in [6, 6.07) is 7.83. The van der Waals surface area contributed by atoms with Crippen LogP contribution in [-0.2, 0) is 22.6 Å². The molecule has 1 aliphatic heterocycles. The summed E-state index contributed by atoms with van der Waals surface area (Å²) in [6.07, 6.45) is 2.88. The van der Waals surface area contributed by atoms with Gasteiger partial charge in [0.1, 0.15) is 0 Å². The average Bonchev–Trinajstić information content (AvgIpc) is 3.36. The van der Waals surface area contributed by atoms with E-state index in [1.165, 1.54) is 0 Å². The second-order valence-corrected chi connectivity index (χ2v) is 8.36. The van der Waals surface area contributed by atoms with Gasteiger partial charge < -0.3 is 19.7 Å². The number of rotatable bonds is 9. The molecule has 0 unspecified atom stereocenters. The van der Waals surface area contributed by atoms with Crippen molar-refractivity contribution in [3.63, 3.8) is 0 Å². The van der Waals surface area contributed by atoms with Crippen LogP contribution in [0.15, 0.2) is 35.0 Å². The van der Waals surface area contributed by atoms with Crippen molar-refractivity contribution in [2.75, 3.05) is 21.3 Å². The minimum Gasteiger partial charge on any atom is -0.493 e.